The second-order valence-corrected chi connectivity index (χ2v) is 8.22. The molecule has 0 bridgehead atoms. The number of rotatable bonds is 6. The van der Waals surface area contributed by atoms with Gasteiger partial charge in [-0.3, -0.25) is 4.31 Å². The van der Waals surface area contributed by atoms with E-state index < -0.39 is 16.0 Å². The Bertz CT molecular complexity index is 1070. The SMILES string of the molecule is COC(=O)c1ccc(N(Cc2coc(-c3ccc(C)cc3)n2)S(C)(=O)=O)cc1. The van der Waals surface area contributed by atoms with Gasteiger partial charge in [-0.15, -0.1) is 0 Å². The molecule has 0 amide bonds. The number of aryl methyl sites for hydroxylation is 1. The highest BCUT2D eigenvalue weighted by atomic mass is 32.2. The fourth-order valence-corrected chi connectivity index (χ4v) is 3.51. The molecule has 0 saturated carbocycles. The van der Waals surface area contributed by atoms with Crippen LogP contribution in [-0.4, -0.2) is 32.7 Å². The number of anilines is 1. The van der Waals surface area contributed by atoms with Crippen molar-refractivity contribution in [3.05, 3.63) is 71.6 Å². The normalized spacial score (nSPS) is 11.2. The first-order valence-corrected chi connectivity index (χ1v) is 10.3. The van der Waals surface area contributed by atoms with Gasteiger partial charge < -0.3 is 9.15 Å². The smallest absolute Gasteiger partial charge is 0.337 e. The van der Waals surface area contributed by atoms with Crippen LogP contribution in [-0.2, 0) is 21.3 Å². The van der Waals surface area contributed by atoms with E-state index in [9.17, 15) is 13.2 Å². The molecule has 0 aliphatic rings. The first-order chi connectivity index (χ1) is 13.3. The first-order valence-electron chi connectivity index (χ1n) is 8.45. The van der Waals surface area contributed by atoms with Crippen molar-refractivity contribution < 1.29 is 22.4 Å². The predicted molar refractivity (Wildman–Crippen MR) is 105 cm³/mol. The van der Waals surface area contributed by atoms with Crippen LogP contribution in [0.3, 0.4) is 0 Å². The van der Waals surface area contributed by atoms with Gasteiger partial charge in [0.25, 0.3) is 0 Å². The number of methoxy groups -OCH3 is 1. The summed E-state index contributed by atoms with van der Waals surface area (Å²) in [5, 5.41) is 0. The van der Waals surface area contributed by atoms with E-state index in [2.05, 4.69) is 9.72 Å². The molecule has 0 aliphatic carbocycles. The van der Waals surface area contributed by atoms with Crippen molar-refractivity contribution in [2.75, 3.05) is 17.7 Å². The van der Waals surface area contributed by atoms with Gasteiger partial charge in [-0.05, 0) is 43.3 Å². The second-order valence-electron chi connectivity index (χ2n) is 6.32. The topological polar surface area (TPSA) is 89.7 Å². The lowest BCUT2D eigenvalue weighted by Crippen LogP contribution is -2.29. The van der Waals surface area contributed by atoms with Gasteiger partial charge in [0.1, 0.15) is 12.0 Å². The molecule has 1 heterocycles. The highest BCUT2D eigenvalue weighted by Crippen LogP contribution is 2.24. The minimum atomic E-state index is -3.58. The molecule has 0 saturated heterocycles. The van der Waals surface area contributed by atoms with E-state index in [0.29, 0.717) is 22.8 Å². The Labute approximate surface area is 163 Å². The van der Waals surface area contributed by atoms with Crippen LogP contribution >= 0.6 is 0 Å². The quantitative estimate of drug-likeness (QED) is 0.589. The number of nitrogens with zero attached hydrogens (tertiary/aromatic N) is 2. The zero-order valence-electron chi connectivity index (χ0n) is 15.7. The molecule has 0 atom stereocenters. The average molecular weight is 400 g/mol. The van der Waals surface area contributed by atoms with E-state index >= 15 is 0 Å². The molecule has 2 aromatic carbocycles. The van der Waals surface area contributed by atoms with Crippen LogP contribution in [0.5, 0.6) is 0 Å². The summed E-state index contributed by atoms with van der Waals surface area (Å²) in [6, 6.07) is 13.8. The molecular formula is C20H20N2O5S. The number of hydrogen-bond acceptors (Lipinski definition) is 6. The van der Waals surface area contributed by atoms with Crippen LogP contribution in [0.15, 0.2) is 59.2 Å². The molecule has 8 heteroatoms. The van der Waals surface area contributed by atoms with Crippen molar-refractivity contribution >= 4 is 21.7 Å². The molecule has 1 aromatic heterocycles. The van der Waals surface area contributed by atoms with Crippen molar-refractivity contribution in [1.29, 1.82) is 0 Å². The van der Waals surface area contributed by atoms with Crippen molar-refractivity contribution in [3.63, 3.8) is 0 Å². The summed E-state index contributed by atoms with van der Waals surface area (Å²) >= 11 is 0. The highest BCUT2D eigenvalue weighted by Gasteiger charge is 2.20. The summed E-state index contributed by atoms with van der Waals surface area (Å²) in [4.78, 5) is 16.0. The Morgan fingerprint density at radius 3 is 2.32 bits per heavy atom. The van der Waals surface area contributed by atoms with E-state index in [1.54, 1.807) is 12.1 Å². The molecular weight excluding hydrogens is 380 g/mol. The van der Waals surface area contributed by atoms with Crippen molar-refractivity contribution in [2.24, 2.45) is 0 Å². The number of hydrogen-bond donors (Lipinski definition) is 0. The van der Waals surface area contributed by atoms with Gasteiger partial charge in [0.05, 0.1) is 31.2 Å². The van der Waals surface area contributed by atoms with Gasteiger partial charge in [-0.1, -0.05) is 17.7 Å². The number of carbonyl (C=O) groups excluding carboxylic acids is 1. The Hall–Kier alpha value is -3.13. The molecule has 7 nitrogen and oxygen atoms in total. The van der Waals surface area contributed by atoms with Crippen LogP contribution in [0, 0.1) is 6.92 Å². The highest BCUT2D eigenvalue weighted by molar-refractivity contribution is 7.92. The standard InChI is InChI=1S/C20H20N2O5S/c1-14-4-6-15(7-5-14)19-21-17(13-27-19)12-22(28(3,24)25)18-10-8-16(9-11-18)20(23)26-2/h4-11,13H,12H2,1-3H3. The maximum atomic E-state index is 12.3. The lowest BCUT2D eigenvalue weighted by atomic mass is 10.1. The van der Waals surface area contributed by atoms with Gasteiger partial charge in [-0.2, -0.15) is 0 Å². The van der Waals surface area contributed by atoms with Crippen molar-refractivity contribution in [3.8, 4) is 11.5 Å². The number of oxazole rings is 1. The maximum Gasteiger partial charge on any atom is 0.337 e. The molecule has 28 heavy (non-hydrogen) atoms. The number of sulfonamides is 1. The van der Waals surface area contributed by atoms with Crippen molar-refractivity contribution in [1.82, 2.24) is 4.98 Å². The number of esters is 1. The fourth-order valence-electron chi connectivity index (χ4n) is 2.64. The summed E-state index contributed by atoms with van der Waals surface area (Å²) in [5.41, 5.74) is 3.15. The molecule has 0 unspecified atom stereocenters. The molecule has 3 rings (SSSR count). The molecule has 3 aromatic rings. The van der Waals surface area contributed by atoms with Crippen LogP contribution in [0.1, 0.15) is 21.6 Å². The summed E-state index contributed by atoms with van der Waals surface area (Å²) < 4.78 is 36.0. The molecule has 0 spiro atoms. The third-order valence-electron chi connectivity index (χ3n) is 4.13. The van der Waals surface area contributed by atoms with E-state index in [-0.39, 0.29) is 6.54 Å². The van der Waals surface area contributed by atoms with Gasteiger partial charge in [-0.25, -0.2) is 18.2 Å². The third-order valence-corrected chi connectivity index (χ3v) is 5.27. The van der Waals surface area contributed by atoms with E-state index in [4.69, 9.17) is 4.42 Å². The van der Waals surface area contributed by atoms with Crippen LogP contribution in [0.4, 0.5) is 5.69 Å². The number of aromatic nitrogens is 1. The molecule has 0 fully saturated rings. The molecule has 146 valence electrons. The van der Waals surface area contributed by atoms with E-state index in [0.717, 1.165) is 17.4 Å². The summed E-state index contributed by atoms with van der Waals surface area (Å²) in [5.74, 6) is -0.0683. The molecule has 0 aliphatic heterocycles. The second kappa shape index (κ2) is 7.85. The molecule has 0 N–H and O–H groups in total. The number of carbonyl (C=O) groups is 1. The number of benzene rings is 2. The largest absolute Gasteiger partial charge is 0.465 e. The Morgan fingerprint density at radius 2 is 1.75 bits per heavy atom. The lowest BCUT2D eigenvalue weighted by Gasteiger charge is -2.21. The molecule has 0 radical (unpaired) electrons. The van der Waals surface area contributed by atoms with Crippen LogP contribution in [0.2, 0.25) is 0 Å². The number of ether oxygens (including phenoxy) is 1. The summed E-state index contributed by atoms with van der Waals surface area (Å²) in [6.45, 7) is 1.99. The minimum Gasteiger partial charge on any atom is -0.465 e. The third kappa shape index (κ3) is 4.40. The van der Waals surface area contributed by atoms with Gasteiger partial charge in [0.15, 0.2) is 0 Å². The van der Waals surface area contributed by atoms with Gasteiger partial charge >= 0.3 is 5.97 Å². The Kier molecular flexibility index (Phi) is 5.51. The minimum absolute atomic E-state index is 0.00572. The average Bonchev–Trinajstić information content (AvgIpc) is 3.14. The monoisotopic (exact) mass is 400 g/mol. The Balaban J connectivity index is 1.86. The van der Waals surface area contributed by atoms with E-state index in [1.807, 2.05) is 31.2 Å². The van der Waals surface area contributed by atoms with Crippen molar-refractivity contribution in [2.45, 2.75) is 13.5 Å². The Morgan fingerprint density at radius 1 is 1.11 bits per heavy atom. The summed E-state index contributed by atoms with van der Waals surface area (Å²) in [6.07, 6.45) is 2.55. The summed E-state index contributed by atoms with van der Waals surface area (Å²) in [7, 11) is -2.29. The zero-order valence-corrected chi connectivity index (χ0v) is 16.6. The van der Waals surface area contributed by atoms with E-state index in [1.165, 1.54) is 29.8 Å². The lowest BCUT2D eigenvalue weighted by molar-refractivity contribution is 0.0600. The van der Waals surface area contributed by atoms with Crippen LogP contribution in [0.25, 0.3) is 11.5 Å². The maximum absolute atomic E-state index is 12.3. The van der Waals surface area contributed by atoms with Crippen LogP contribution < -0.4 is 4.31 Å². The zero-order chi connectivity index (χ0) is 20.3. The van der Waals surface area contributed by atoms with Gasteiger partial charge in [0.2, 0.25) is 15.9 Å². The predicted octanol–water partition coefficient (Wildman–Crippen LogP) is 3.40. The first kappa shape index (κ1) is 19.6. The van der Waals surface area contributed by atoms with Gasteiger partial charge in [0, 0.05) is 5.56 Å². The fraction of sp³-hybridized carbons (Fsp3) is 0.200.